The molecule has 0 saturated heterocycles. The summed E-state index contributed by atoms with van der Waals surface area (Å²) < 4.78 is 1.97. The van der Waals surface area contributed by atoms with Crippen molar-refractivity contribution >= 4 is 11.9 Å². The molecule has 6 nitrogen and oxygen atoms in total. The molecule has 0 radical (unpaired) electrons. The van der Waals surface area contributed by atoms with Gasteiger partial charge in [0, 0.05) is 31.4 Å². The van der Waals surface area contributed by atoms with E-state index in [9.17, 15) is 9.59 Å². The number of nitrogens with one attached hydrogen (secondary N) is 1. The number of carbonyl (C=O) groups is 2. The van der Waals surface area contributed by atoms with Crippen LogP contribution in [0.5, 0.6) is 0 Å². The lowest BCUT2D eigenvalue weighted by atomic mass is 10.1. The zero-order chi connectivity index (χ0) is 15.7. The predicted octanol–water partition coefficient (Wildman–Crippen LogP) is 2.23. The molecule has 1 heterocycles. The van der Waals surface area contributed by atoms with E-state index in [1.165, 1.54) is 0 Å². The smallest absolute Gasteiger partial charge is 0.306 e. The molecule has 0 spiro atoms. The third-order valence-electron chi connectivity index (χ3n) is 3.55. The minimum absolute atomic E-state index is 0.00475. The lowest BCUT2D eigenvalue weighted by Crippen LogP contribution is -2.27. The van der Waals surface area contributed by atoms with Crippen LogP contribution in [0.25, 0.3) is 0 Å². The van der Waals surface area contributed by atoms with Crippen LogP contribution in [0.4, 0.5) is 0 Å². The third-order valence-corrected chi connectivity index (χ3v) is 3.55. The number of aromatic nitrogens is 2. The molecule has 6 heteroatoms. The van der Waals surface area contributed by atoms with Crippen molar-refractivity contribution in [2.75, 3.05) is 6.54 Å². The fourth-order valence-corrected chi connectivity index (χ4v) is 2.22. The molecule has 0 aliphatic carbocycles. The Kier molecular flexibility index (Phi) is 7.50. The highest BCUT2D eigenvalue weighted by atomic mass is 16.4. The van der Waals surface area contributed by atoms with E-state index in [4.69, 9.17) is 5.11 Å². The Morgan fingerprint density at radius 3 is 2.71 bits per heavy atom. The standard InChI is InChI=1S/C15H25N3O3/c1-3-5-13(18-9-8-16-11-18)10-14(19)17-7-4-6-12(2)15(20)21/h8-9,11-13H,3-7,10H2,1-2H3,(H,17,19)(H,20,21). The van der Waals surface area contributed by atoms with Gasteiger partial charge in [-0.2, -0.15) is 0 Å². The van der Waals surface area contributed by atoms with Crippen molar-refractivity contribution in [1.29, 1.82) is 0 Å². The summed E-state index contributed by atoms with van der Waals surface area (Å²) in [4.78, 5) is 26.6. The molecule has 0 fully saturated rings. The Morgan fingerprint density at radius 2 is 2.14 bits per heavy atom. The minimum atomic E-state index is -0.788. The Hall–Kier alpha value is -1.85. The second-order valence-electron chi connectivity index (χ2n) is 5.39. The van der Waals surface area contributed by atoms with E-state index in [0.717, 1.165) is 12.8 Å². The number of nitrogens with zero attached hydrogens (tertiary/aromatic N) is 2. The van der Waals surface area contributed by atoms with Crippen LogP contribution in [-0.2, 0) is 9.59 Å². The number of rotatable bonds is 10. The van der Waals surface area contributed by atoms with Crippen LogP contribution in [0, 0.1) is 5.92 Å². The quantitative estimate of drug-likeness (QED) is 0.648. The van der Waals surface area contributed by atoms with E-state index >= 15 is 0 Å². The van der Waals surface area contributed by atoms with Gasteiger partial charge in [-0.25, -0.2) is 4.98 Å². The molecule has 0 aliphatic heterocycles. The maximum atomic E-state index is 11.9. The summed E-state index contributed by atoms with van der Waals surface area (Å²) in [5.41, 5.74) is 0. The van der Waals surface area contributed by atoms with Crippen molar-refractivity contribution in [3.05, 3.63) is 18.7 Å². The van der Waals surface area contributed by atoms with Crippen LogP contribution >= 0.6 is 0 Å². The molecule has 2 unspecified atom stereocenters. The third kappa shape index (κ3) is 6.42. The van der Waals surface area contributed by atoms with Gasteiger partial charge in [0.2, 0.25) is 5.91 Å². The van der Waals surface area contributed by atoms with Gasteiger partial charge in [-0.1, -0.05) is 20.3 Å². The predicted molar refractivity (Wildman–Crippen MR) is 79.8 cm³/mol. The second-order valence-corrected chi connectivity index (χ2v) is 5.39. The average molecular weight is 295 g/mol. The van der Waals surface area contributed by atoms with Crippen LogP contribution < -0.4 is 5.32 Å². The summed E-state index contributed by atoms with van der Waals surface area (Å²) in [6.45, 7) is 4.30. The summed E-state index contributed by atoms with van der Waals surface area (Å²) in [6.07, 6.45) is 8.96. The van der Waals surface area contributed by atoms with E-state index in [1.54, 1.807) is 19.4 Å². The summed E-state index contributed by atoms with van der Waals surface area (Å²) in [6, 6.07) is 0.135. The van der Waals surface area contributed by atoms with E-state index in [0.29, 0.717) is 25.8 Å². The molecule has 0 aliphatic rings. The first-order chi connectivity index (χ1) is 10.0. The Bertz CT molecular complexity index is 431. The lowest BCUT2D eigenvalue weighted by Gasteiger charge is -2.17. The molecule has 0 bridgehead atoms. The molecule has 2 atom stereocenters. The molecule has 0 saturated carbocycles. The molecular formula is C15H25N3O3. The first-order valence-corrected chi connectivity index (χ1v) is 7.51. The van der Waals surface area contributed by atoms with E-state index in [2.05, 4.69) is 17.2 Å². The van der Waals surface area contributed by atoms with Gasteiger partial charge in [0.1, 0.15) is 0 Å². The van der Waals surface area contributed by atoms with Crippen LogP contribution in [0.3, 0.4) is 0 Å². The molecule has 1 aromatic rings. The van der Waals surface area contributed by atoms with E-state index in [1.807, 2.05) is 10.8 Å². The SMILES string of the molecule is CCCC(CC(=O)NCCCC(C)C(=O)O)n1ccnc1. The maximum absolute atomic E-state index is 11.9. The molecule has 0 aromatic carbocycles. The summed E-state index contributed by atoms with van der Waals surface area (Å²) in [5, 5.41) is 11.6. The Balaban J connectivity index is 2.29. The van der Waals surface area contributed by atoms with E-state index < -0.39 is 5.97 Å². The van der Waals surface area contributed by atoms with Gasteiger partial charge in [0.15, 0.2) is 0 Å². The van der Waals surface area contributed by atoms with Gasteiger partial charge >= 0.3 is 5.97 Å². The largest absolute Gasteiger partial charge is 0.481 e. The molecule has 1 amide bonds. The zero-order valence-corrected chi connectivity index (χ0v) is 12.8. The topological polar surface area (TPSA) is 84.2 Å². The van der Waals surface area contributed by atoms with E-state index in [-0.39, 0.29) is 17.9 Å². The highest BCUT2D eigenvalue weighted by Crippen LogP contribution is 2.17. The molecule has 2 N–H and O–H groups in total. The van der Waals surface area contributed by atoms with Crippen molar-refractivity contribution in [1.82, 2.24) is 14.9 Å². The number of carbonyl (C=O) groups excluding carboxylic acids is 1. The average Bonchev–Trinajstić information content (AvgIpc) is 2.96. The fourth-order valence-electron chi connectivity index (χ4n) is 2.22. The van der Waals surface area contributed by atoms with Gasteiger partial charge in [-0.15, -0.1) is 0 Å². The number of carboxylic acids is 1. The molecule has 118 valence electrons. The molecule has 21 heavy (non-hydrogen) atoms. The number of carboxylic acid groups (broad SMARTS) is 1. The Labute approximate surface area is 125 Å². The van der Waals surface area contributed by atoms with Crippen molar-refractivity contribution < 1.29 is 14.7 Å². The zero-order valence-electron chi connectivity index (χ0n) is 12.8. The summed E-state index contributed by atoms with van der Waals surface area (Å²) >= 11 is 0. The highest BCUT2D eigenvalue weighted by molar-refractivity contribution is 5.76. The number of amides is 1. The van der Waals surface area contributed by atoms with Crippen molar-refractivity contribution in [2.45, 2.75) is 52.0 Å². The van der Waals surface area contributed by atoms with Crippen molar-refractivity contribution in [3.63, 3.8) is 0 Å². The monoisotopic (exact) mass is 295 g/mol. The van der Waals surface area contributed by atoms with Crippen LogP contribution in [-0.4, -0.2) is 33.1 Å². The Morgan fingerprint density at radius 1 is 1.38 bits per heavy atom. The number of hydrogen-bond donors (Lipinski definition) is 2. The van der Waals surface area contributed by atoms with Gasteiger partial charge < -0.3 is 15.0 Å². The minimum Gasteiger partial charge on any atom is -0.481 e. The van der Waals surface area contributed by atoms with Crippen molar-refractivity contribution in [3.8, 4) is 0 Å². The number of aliphatic carboxylic acids is 1. The number of hydrogen-bond acceptors (Lipinski definition) is 3. The first-order valence-electron chi connectivity index (χ1n) is 7.51. The van der Waals surface area contributed by atoms with Gasteiger partial charge in [0.25, 0.3) is 0 Å². The fraction of sp³-hybridized carbons (Fsp3) is 0.667. The molecule has 1 aromatic heterocycles. The van der Waals surface area contributed by atoms with Gasteiger partial charge in [-0.3, -0.25) is 9.59 Å². The first kappa shape index (κ1) is 17.2. The van der Waals surface area contributed by atoms with Crippen LogP contribution in [0.1, 0.15) is 52.0 Å². The van der Waals surface area contributed by atoms with Gasteiger partial charge in [0.05, 0.1) is 12.2 Å². The maximum Gasteiger partial charge on any atom is 0.306 e. The molecular weight excluding hydrogens is 270 g/mol. The summed E-state index contributed by atoms with van der Waals surface area (Å²) in [7, 11) is 0. The lowest BCUT2D eigenvalue weighted by molar-refractivity contribution is -0.141. The second kappa shape index (κ2) is 9.15. The van der Waals surface area contributed by atoms with Crippen molar-refractivity contribution in [2.24, 2.45) is 5.92 Å². The molecule has 1 rings (SSSR count). The van der Waals surface area contributed by atoms with Gasteiger partial charge in [-0.05, 0) is 19.3 Å². The number of imidazole rings is 1. The normalized spacial score (nSPS) is 13.6. The van der Waals surface area contributed by atoms with Crippen LogP contribution in [0.2, 0.25) is 0 Å². The van der Waals surface area contributed by atoms with Crippen LogP contribution in [0.15, 0.2) is 18.7 Å². The summed E-state index contributed by atoms with van der Waals surface area (Å²) in [5.74, 6) is -1.14. The highest BCUT2D eigenvalue weighted by Gasteiger charge is 2.15.